The highest BCUT2D eigenvalue weighted by Gasteiger charge is 2.19. The number of rotatable bonds is 1. The Balaban J connectivity index is 2.45. The Morgan fingerprint density at radius 3 is 3.12 bits per heavy atom. The summed E-state index contributed by atoms with van der Waals surface area (Å²) in [5.74, 6) is 1.80. The maximum Gasteiger partial charge on any atom is 0.175 e. The van der Waals surface area contributed by atoms with E-state index in [2.05, 4.69) is 30.8 Å². The minimum atomic E-state index is 0.732. The van der Waals surface area contributed by atoms with Gasteiger partial charge in [-0.2, -0.15) is 0 Å². The highest BCUT2D eigenvalue weighted by Crippen LogP contribution is 2.32. The zero-order valence-corrected chi connectivity index (χ0v) is 10.2. The molecule has 3 heteroatoms. The fraction of sp³-hybridized carbons (Fsp3) is 0.462. The summed E-state index contributed by atoms with van der Waals surface area (Å²) >= 11 is 0. The van der Waals surface area contributed by atoms with Crippen LogP contribution < -0.4 is 9.64 Å². The van der Waals surface area contributed by atoms with Gasteiger partial charge < -0.3 is 9.64 Å². The number of fused-ring (bicyclic) bond motifs is 1. The quantitative estimate of drug-likeness (QED) is 0.724. The first-order valence-corrected chi connectivity index (χ1v) is 5.74. The Labute approximate surface area is 96.7 Å². The summed E-state index contributed by atoms with van der Waals surface area (Å²) in [5.41, 5.74) is 2.74. The molecule has 0 bridgehead atoms. The molecule has 0 aromatic carbocycles. The Morgan fingerprint density at radius 2 is 2.38 bits per heavy atom. The molecule has 0 radical (unpaired) electrons. The van der Waals surface area contributed by atoms with Crippen molar-refractivity contribution in [2.24, 2.45) is 0 Å². The zero-order valence-electron chi connectivity index (χ0n) is 10.2. The fourth-order valence-electron chi connectivity index (χ4n) is 2.00. The molecule has 0 aliphatic carbocycles. The number of aromatic nitrogens is 1. The molecule has 86 valence electrons. The average Bonchev–Trinajstić information content (AvgIpc) is 2.49. The third-order valence-electron chi connectivity index (χ3n) is 3.09. The van der Waals surface area contributed by atoms with Crippen LogP contribution in [-0.2, 0) is 0 Å². The molecular weight excluding hydrogens is 200 g/mol. The lowest BCUT2D eigenvalue weighted by Gasteiger charge is -2.21. The molecule has 0 atom stereocenters. The van der Waals surface area contributed by atoms with Crippen LogP contribution in [-0.4, -0.2) is 18.6 Å². The van der Waals surface area contributed by atoms with Crippen LogP contribution in [0.3, 0.4) is 0 Å². The highest BCUT2D eigenvalue weighted by atomic mass is 16.5. The second-order valence-electron chi connectivity index (χ2n) is 4.06. The number of nitrogens with zero attached hydrogens (tertiary/aromatic N) is 2. The SMILES string of the molecule is CC/C(C)=C1/CCOc2cccnc2N1C. The third-order valence-corrected chi connectivity index (χ3v) is 3.09. The van der Waals surface area contributed by atoms with Gasteiger partial charge in [-0.15, -0.1) is 0 Å². The van der Waals surface area contributed by atoms with Crippen molar-refractivity contribution in [3.8, 4) is 5.75 Å². The standard InChI is InChI=1S/C13H18N2O/c1-4-10(2)11-7-9-16-12-6-5-8-14-13(12)15(11)3/h5-6,8H,4,7,9H2,1-3H3/b11-10-. The summed E-state index contributed by atoms with van der Waals surface area (Å²) in [4.78, 5) is 6.55. The summed E-state index contributed by atoms with van der Waals surface area (Å²) in [7, 11) is 2.06. The minimum Gasteiger partial charge on any atom is -0.489 e. The van der Waals surface area contributed by atoms with Crippen LogP contribution in [0, 0.1) is 0 Å². The van der Waals surface area contributed by atoms with Crippen molar-refractivity contribution in [2.75, 3.05) is 18.6 Å². The number of hydrogen-bond acceptors (Lipinski definition) is 3. The molecular formula is C13H18N2O. The number of ether oxygens (including phenoxy) is 1. The van der Waals surface area contributed by atoms with E-state index >= 15 is 0 Å². The van der Waals surface area contributed by atoms with Crippen molar-refractivity contribution in [1.29, 1.82) is 0 Å². The van der Waals surface area contributed by atoms with Gasteiger partial charge in [-0.25, -0.2) is 4.98 Å². The normalized spacial score (nSPS) is 18.6. The number of pyridine rings is 1. The summed E-state index contributed by atoms with van der Waals surface area (Å²) in [6.45, 7) is 5.09. The topological polar surface area (TPSA) is 25.4 Å². The summed E-state index contributed by atoms with van der Waals surface area (Å²) < 4.78 is 5.71. The van der Waals surface area contributed by atoms with Crippen LogP contribution in [0.25, 0.3) is 0 Å². The van der Waals surface area contributed by atoms with Gasteiger partial charge in [0.15, 0.2) is 11.6 Å². The second-order valence-corrected chi connectivity index (χ2v) is 4.06. The second kappa shape index (κ2) is 4.56. The Bertz CT molecular complexity index is 412. The Kier molecular flexibility index (Phi) is 3.13. The van der Waals surface area contributed by atoms with Gasteiger partial charge in [-0.3, -0.25) is 0 Å². The molecule has 0 unspecified atom stereocenters. The van der Waals surface area contributed by atoms with E-state index in [1.54, 1.807) is 0 Å². The maximum atomic E-state index is 5.71. The summed E-state index contributed by atoms with van der Waals surface area (Å²) in [5, 5.41) is 0. The zero-order chi connectivity index (χ0) is 11.5. The van der Waals surface area contributed by atoms with Crippen LogP contribution in [0.4, 0.5) is 5.82 Å². The molecule has 0 N–H and O–H groups in total. The molecule has 0 amide bonds. The Morgan fingerprint density at radius 1 is 1.56 bits per heavy atom. The molecule has 1 aromatic heterocycles. The van der Waals surface area contributed by atoms with Gasteiger partial charge in [0.2, 0.25) is 0 Å². The first-order chi connectivity index (χ1) is 7.74. The van der Waals surface area contributed by atoms with Crippen molar-refractivity contribution in [1.82, 2.24) is 4.98 Å². The van der Waals surface area contributed by atoms with Gasteiger partial charge in [0.1, 0.15) is 0 Å². The van der Waals surface area contributed by atoms with Crippen LogP contribution in [0.15, 0.2) is 29.6 Å². The molecule has 0 fully saturated rings. The van der Waals surface area contributed by atoms with E-state index in [4.69, 9.17) is 4.74 Å². The summed E-state index contributed by atoms with van der Waals surface area (Å²) in [6.07, 6.45) is 3.83. The van der Waals surface area contributed by atoms with Crippen molar-refractivity contribution in [3.63, 3.8) is 0 Å². The molecule has 1 aromatic rings. The maximum absolute atomic E-state index is 5.71. The van der Waals surface area contributed by atoms with E-state index in [0.29, 0.717) is 0 Å². The molecule has 2 rings (SSSR count). The first-order valence-electron chi connectivity index (χ1n) is 5.74. The summed E-state index contributed by atoms with van der Waals surface area (Å²) in [6, 6.07) is 3.89. The number of hydrogen-bond donors (Lipinski definition) is 0. The molecule has 3 nitrogen and oxygen atoms in total. The van der Waals surface area contributed by atoms with Gasteiger partial charge in [-0.1, -0.05) is 12.5 Å². The average molecular weight is 218 g/mol. The van der Waals surface area contributed by atoms with Crippen molar-refractivity contribution >= 4 is 5.82 Å². The lowest BCUT2D eigenvalue weighted by Crippen LogP contribution is -2.18. The van der Waals surface area contributed by atoms with Crippen molar-refractivity contribution in [2.45, 2.75) is 26.7 Å². The third kappa shape index (κ3) is 1.90. The van der Waals surface area contributed by atoms with E-state index in [0.717, 1.165) is 31.0 Å². The molecule has 0 spiro atoms. The number of anilines is 1. The van der Waals surface area contributed by atoms with Gasteiger partial charge in [0.25, 0.3) is 0 Å². The van der Waals surface area contributed by atoms with Crippen LogP contribution >= 0.6 is 0 Å². The predicted molar refractivity (Wildman–Crippen MR) is 65.7 cm³/mol. The minimum absolute atomic E-state index is 0.732. The van der Waals surface area contributed by atoms with E-state index in [1.165, 1.54) is 11.3 Å². The van der Waals surface area contributed by atoms with Crippen LogP contribution in [0.2, 0.25) is 0 Å². The Hall–Kier alpha value is -1.51. The van der Waals surface area contributed by atoms with Crippen molar-refractivity contribution < 1.29 is 4.74 Å². The van der Waals surface area contributed by atoms with Gasteiger partial charge in [0, 0.05) is 25.4 Å². The van der Waals surface area contributed by atoms with Crippen molar-refractivity contribution in [3.05, 3.63) is 29.6 Å². The molecule has 0 saturated carbocycles. The monoisotopic (exact) mass is 218 g/mol. The lowest BCUT2D eigenvalue weighted by molar-refractivity contribution is 0.327. The smallest absolute Gasteiger partial charge is 0.175 e. The van der Waals surface area contributed by atoms with E-state index in [-0.39, 0.29) is 0 Å². The van der Waals surface area contributed by atoms with E-state index in [1.807, 2.05) is 18.3 Å². The van der Waals surface area contributed by atoms with Gasteiger partial charge >= 0.3 is 0 Å². The lowest BCUT2D eigenvalue weighted by atomic mass is 10.1. The largest absolute Gasteiger partial charge is 0.489 e. The molecule has 2 heterocycles. The molecule has 1 aliphatic rings. The molecule has 0 saturated heterocycles. The molecule has 1 aliphatic heterocycles. The number of allylic oxidation sites excluding steroid dienone is 1. The first kappa shape index (κ1) is 11.0. The van der Waals surface area contributed by atoms with Gasteiger partial charge in [-0.05, 0) is 25.5 Å². The fourth-order valence-corrected chi connectivity index (χ4v) is 2.00. The predicted octanol–water partition coefficient (Wildman–Crippen LogP) is 2.98. The van der Waals surface area contributed by atoms with Gasteiger partial charge in [0.05, 0.1) is 6.61 Å². The molecule has 16 heavy (non-hydrogen) atoms. The highest BCUT2D eigenvalue weighted by molar-refractivity contribution is 5.57. The van der Waals surface area contributed by atoms with E-state index in [9.17, 15) is 0 Å². The van der Waals surface area contributed by atoms with Crippen LogP contribution in [0.1, 0.15) is 26.7 Å². The van der Waals surface area contributed by atoms with Crippen LogP contribution in [0.5, 0.6) is 5.75 Å². The van der Waals surface area contributed by atoms with E-state index < -0.39 is 0 Å².